The van der Waals surface area contributed by atoms with Crippen molar-refractivity contribution >= 4 is 36.5 Å². The van der Waals surface area contributed by atoms with Crippen LogP contribution < -0.4 is 15.2 Å². The molecule has 0 radical (unpaired) electrons. The largest absolute Gasteiger partial charge is 0.380 e. The first kappa shape index (κ1) is 25.0. The van der Waals surface area contributed by atoms with Gasteiger partial charge in [0.1, 0.15) is 5.67 Å². The number of pyridine rings is 2. The number of hydrogen-bond acceptors (Lipinski definition) is 7. The first-order chi connectivity index (χ1) is 16.8. The molecule has 2 heterocycles. The van der Waals surface area contributed by atoms with E-state index >= 15 is 0 Å². The van der Waals surface area contributed by atoms with Gasteiger partial charge in [0, 0.05) is 41.2 Å². The number of benzene rings is 1. The summed E-state index contributed by atoms with van der Waals surface area (Å²) in [6.45, 7) is 2.31. The summed E-state index contributed by atoms with van der Waals surface area (Å²) < 4.78 is 66.7. The van der Waals surface area contributed by atoms with Crippen LogP contribution >= 0.6 is 0 Å². The maximum atomic E-state index is 14.2. The molecule has 0 unspecified atom stereocenters. The Labute approximate surface area is 209 Å². The van der Waals surface area contributed by atoms with Crippen molar-refractivity contribution in [2.75, 3.05) is 11.9 Å². The van der Waals surface area contributed by atoms with Crippen molar-refractivity contribution in [1.82, 2.24) is 14.7 Å². The van der Waals surface area contributed by atoms with Crippen molar-refractivity contribution in [1.29, 1.82) is 0 Å². The summed E-state index contributed by atoms with van der Waals surface area (Å²) in [5, 5.41) is 9.50. The number of nitrogens with one attached hydrogen (secondary N) is 2. The number of alkyl halides is 1. The Morgan fingerprint density at radius 1 is 1.08 bits per heavy atom. The van der Waals surface area contributed by atoms with Crippen LogP contribution in [0.5, 0.6) is 0 Å². The molecule has 1 aromatic carbocycles. The van der Waals surface area contributed by atoms with Crippen molar-refractivity contribution in [3.8, 4) is 0 Å². The van der Waals surface area contributed by atoms with Gasteiger partial charge in [-0.25, -0.2) is 36.1 Å². The molecule has 36 heavy (non-hydrogen) atoms. The van der Waals surface area contributed by atoms with E-state index in [1.165, 1.54) is 26.1 Å². The number of anilines is 1. The Bertz CT molecular complexity index is 1550. The number of nitrogens with two attached hydrogens (primary N) is 1. The van der Waals surface area contributed by atoms with Crippen LogP contribution in [0.15, 0.2) is 46.6 Å². The summed E-state index contributed by atoms with van der Waals surface area (Å²) in [4.78, 5) is 8.63. The summed E-state index contributed by atoms with van der Waals surface area (Å²) in [6, 6.07) is 6.56. The van der Waals surface area contributed by atoms with Crippen LogP contribution in [0.4, 0.5) is 10.1 Å². The van der Waals surface area contributed by atoms with Crippen LogP contribution in [-0.2, 0) is 32.9 Å². The second-order valence-electron chi connectivity index (χ2n) is 10.2. The van der Waals surface area contributed by atoms with Crippen LogP contribution in [0.3, 0.4) is 0 Å². The molecule has 2 aromatic heterocycles. The molecule has 0 amide bonds. The van der Waals surface area contributed by atoms with Crippen molar-refractivity contribution in [2.45, 2.75) is 67.1 Å². The summed E-state index contributed by atoms with van der Waals surface area (Å²) in [5.74, 6) is 0.346. The molecule has 1 atom stereocenters. The van der Waals surface area contributed by atoms with E-state index in [2.05, 4.69) is 20.0 Å². The minimum Gasteiger partial charge on any atom is -0.380 e. The first-order valence-corrected chi connectivity index (χ1v) is 14.7. The fourth-order valence-corrected chi connectivity index (χ4v) is 6.73. The molecule has 192 valence electrons. The van der Waals surface area contributed by atoms with E-state index in [9.17, 15) is 21.2 Å². The van der Waals surface area contributed by atoms with E-state index in [4.69, 9.17) is 5.14 Å². The highest BCUT2D eigenvalue weighted by molar-refractivity contribution is 7.89. The maximum absolute atomic E-state index is 14.2. The van der Waals surface area contributed by atoms with E-state index in [1.54, 1.807) is 12.3 Å². The Hall–Kier alpha value is -2.67. The Morgan fingerprint density at radius 2 is 1.83 bits per heavy atom. The third-order valence-corrected chi connectivity index (χ3v) is 8.81. The average Bonchev–Trinajstić information content (AvgIpc) is 3.56. The molecule has 0 saturated heterocycles. The maximum Gasteiger partial charge on any atom is 0.255 e. The first-order valence-electron chi connectivity index (χ1n) is 11.7. The monoisotopic (exact) mass is 533 g/mol. The van der Waals surface area contributed by atoms with Gasteiger partial charge in [-0.05, 0) is 74.9 Å². The zero-order chi connectivity index (χ0) is 25.9. The van der Waals surface area contributed by atoms with Crippen molar-refractivity contribution < 1.29 is 21.2 Å². The topological polar surface area (TPSA) is 144 Å². The predicted molar refractivity (Wildman–Crippen MR) is 135 cm³/mol. The third-order valence-electron chi connectivity index (χ3n) is 6.45. The van der Waals surface area contributed by atoms with Crippen LogP contribution in [-0.4, -0.2) is 45.1 Å². The molecular weight excluding hydrogens is 505 g/mol. The Morgan fingerprint density at radius 3 is 2.44 bits per heavy atom. The number of hydrogen-bond donors (Lipinski definition) is 3. The van der Waals surface area contributed by atoms with E-state index in [0.717, 1.165) is 29.5 Å². The number of primary sulfonamides is 1. The van der Waals surface area contributed by atoms with Gasteiger partial charge in [-0.3, -0.25) is 4.98 Å². The lowest BCUT2D eigenvalue weighted by atomic mass is 10.0. The lowest BCUT2D eigenvalue weighted by Gasteiger charge is -2.18. The van der Waals surface area contributed by atoms with Crippen molar-refractivity contribution in [3.63, 3.8) is 0 Å². The van der Waals surface area contributed by atoms with Crippen molar-refractivity contribution in [2.24, 2.45) is 5.14 Å². The number of aromatic nitrogens is 2. The quantitative estimate of drug-likeness (QED) is 0.404. The highest BCUT2D eigenvalue weighted by Crippen LogP contribution is 2.42. The molecule has 3 aromatic rings. The average molecular weight is 534 g/mol. The van der Waals surface area contributed by atoms with E-state index in [1.807, 2.05) is 12.1 Å². The van der Waals surface area contributed by atoms with E-state index in [-0.39, 0.29) is 22.5 Å². The highest BCUT2D eigenvalue weighted by Gasteiger charge is 2.33. The number of halogens is 1. The third kappa shape index (κ3) is 5.22. The second kappa shape index (κ2) is 8.72. The van der Waals surface area contributed by atoms with Crippen molar-refractivity contribution in [3.05, 3.63) is 53.5 Å². The van der Waals surface area contributed by atoms with E-state index in [0.29, 0.717) is 35.4 Å². The number of rotatable bonds is 8. The molecular formula is C24H28FN5O4S2. The van der Waals surface area contributed by atoms with Gasteiger partial charge in [-0.2, -0.15) is 0 Å². The highest BCUT2D eigenvalue weighted by atomic mass is 32.2. The molecule has 12 heteroatoms. The van der Waals surface area contributed by atoms with Crippen LogP contribution in [0.2, 0.25) is 0 Å². The van der Waals surface area contributed by atoms with E-state index < -0.39 is 25.7 Å². The molecule has 0 bridgehead atoms. The summed E-state index contributed by atoms with van der Waals surface area (Å²) in [6.07, 6.45) is 6.13. The Balaban J connectivity index is 1.52. The lowest BCUT2D eigenvalue weighted by Crippen LogP contribution is -2.36. The van der Waals surface area contributed by atoms with Crippen LogP contribution in [0.25, 0.3) is 10.8 Å². The number of nitrogens with zero attached hydrogens (tertiary/aromatic N) is 2. The fraction of sp³-hybridized carbons (Fsp3) is 0.417. The molecule has 5 rings (SSSR count). The smallest absolute Gasteiger partial charge is 0.255 e. The zero-order valence-electron chi connectivity index (χ0n) is 20.0. The van der Waals surface area contributed by atoms with Crippen LogP contribution in [0.1, 0.15) is 49.4 Å². The molecule has 1 saturated carbocycles. The SMILES string of the molecule is CC(C)(F)CNS(=O)(=O)c1c2c(cc3cnc(C4CC4)cc13)C[C@@H](Nc1ccc(S(N)(=O)=O)nc1)C2. The number of sulfonamides is 2. The van der Waals surface area contributed by atoms with Gasteiger partial charge >= 0.3 is 0 Å². The number of fused-ring (bicyclic) bond motifs is 2. The van der Waals surface area contributed by atoms with Crippen LogP contribution in [0, 0.1) is 0 Å². The molecule has 2 aliphatic rings. The minimum atomic E-state index is -4.02. The summed E-state index contributed by atoms with van der Waals surface area (Å²) >= 11 is 0. The molecule has 1 fully saturated rings. The van der Waals surface area contributed by atoms with Gasteiger partial charge in [-0.15, -0.1) is 0 Å². The van der Waals surface area contributed by atoms with Gasteiger partial charge in [0.2, 0.25) is 10.0 Å². The van der Waals surface area contributed by atoms with Gasteiger partial charge in [0.25, 0.3) is 10.0 Å². The zero-order valence-corrected chi connectivity index (χ0v) is 21.6. The standard InChI is InChI=1S/C24H28FN5O4S2/c1-24(2,25)13-29-36(33,34)23-19-9-18(30-17-5-6-22(28-12-17)35(26,31)32)8-15(19)7-16-11-27-21(10-20(16)23)14-3-4-14/h5-7,10-12,14,18,29-30H,3-4,8-9,13H2,1-2H3,(H2,26,31,32)/t18-/m1/s1. The normalized spacial score (nSPS) is 18.4. The molecule has 0 spiro atoms. The lowest BCUT2D eigenvalue weighted by molar-refractivity contribution is 0.221. The minimum absolute atomic E-state index is 0.152. The molecule has 4 N–H and O–H groups in total. The molecule has 9 nitrogen and oxygen atoms in total. The predicted octanol–water partition coefficient (Wildman–Crippen LogP) is 2.76. The van der Waals surface area contributed by atoms with Gasteiger partial charge in [0.15, 0.2) is 5.03 Å². The summed E-state index contributed by atoms with van der Waals surface area (Å²) in [7, 11) is -7.93. The molecule has 2 aliphatic carbocycles. The Kier molecular flexibility index (Phi) is 6.05. The van der Waals surface area contributed by atoms with Gasteiger partial charge in [-0.1, -0.05) is 0 Å². The summed E-state index contributed by atoms with van der Waals surface area (Å²) in [5.41, 5.74) is 1.31. The second-order valence-corrected chi connectivity index (χ2v) is 13.4. The van der Waals surface area contributed by atoms with Gasteiger partial charge < -0.3 is 5.32 Å². The van der Waals surface area contributed by atoms with Gasteiger partial charge in [0.05, 0.1) is 16.8 Å². The fourth-order valence-electron chi connectivity index (χ4n) is 4.59. The molecule has 0 aliphatic heterocycles.